The summed E-state index contributed by atoms with van der Waals surface area (Å²) in [6.45, 7) is 2.84. The molecule has 0 saturated heterocycles. The maximum atomic E-state index is 12.4. The van der Waals surface area contributed by atoms with Crippen LogP contribution in [0.3, 0.4) is 0 Å². The number of carbonyl (C=O) groups excluding carboxylic acids is 3. The fourth-order valence-electron chi connectivity index (χ4n) is 2.52. The van der Waals surface area contributed by atoms with Gasteiger partial charge in [-0.1, -0.05) is 0 Å². The second kappa shape index (κ2) is 8.18. The number of rotatable bonds is 6. The summed E-state index contributed by atoms with van der Waals surface area (Å²) in [6.07, 6.45) is 0. The van der Waals surface area contributed by atoms with Crippen LogP contribution in [0.2, 0.25) is 0 Å². The predicted molar refractivity (Wildman–Crippen MR) is 96.9 cm³/mol. The van der Waals surface area contributed by atoms with Gasteiger partial charge in [-0.15, -0.1) is 0 Å². The number of halogens is 1. The Kier molecular flexibility index (Phi) is 6.20. The molecule has 0 saturated carbocycles. The summed E-state index contributed by atoms with van der Waals surface area (Å²) in [6, 6.07) is 4.70. The van der Waals surface area contributed by atoms with E-state index in [-0.39, 0.29) is 11.3 Å². The van der Waals surface area contributed by atoms with E-state index in [4.69, 9.17) is 14.2 Å². The summed E-state index contributed by atoms with van der Waals surface area (Å²) >= 11 is 3.28. The molecule has 0 aliphatic rings. The zero-order chi connectivity index (χ0) is 19.4. The molecule has 0 aliphatic heterocycles. The quantitative estimate of drug-likeness (QED) is 0.565. The Morgan fingerprint density at radius 3 is 2.38 bits per heavy atom. The number of aromatic amines is 1. The van der Waals surface area contributed by atoms with E-state index >= 15 is 0 Å². The lowest BCUT2D eigenvalue weighted by molar-refractivity contribution is 0.0473. The van der Waals surface area contributed by atoms with E-state index in [1.54, 1.807) is 26.0 Å². The van der Waals surface area contributed by atoms with Crippen LogP contribution in [0, 0.1) is 13.8 Å². The molecule has 0 bridgehead atoms. The minimum atomic E-state index is -0.643. The molecule has 0 spiro atoms. The number of nitrogens with one attached hydrogen (secondary N) is 1. The normalized spacial score (nSPS) is 10.3. The van der Waals surface area contributed by atoms with E-state index < -0.39 is 24.3 Å². The Labute approximate surface area is 158 Å². The molecule has 0 radical (unpaired) electrons. The Bertz CT molecular complexity index is 871. The summed E-state index contributed by atoms with van der Waals surface area (Å²) in [7, 11) is 2.78. The third-order valence-corrected chi connectivity index (χ3v) is 4.45. The largest absolute Gasteiger partial charge is 0.496 e. The lowest BCUT2D eigenvalue weighted by atomic mass is 10.1. The van der Waals surface area contributed by atoms with E-state index in [0.717, 1.165) is 0 Å². The van der Waals surface area contributed by atoms with Gasteiger partial charge in [0.1, 0.15) is 5.75 Å². The minimum Gasteiger partial charge on any atom is -0.496 e. The summed E-state index contributed by atoms with van der Waals surface area (Å²) < 4.78 is 15.5. The van der Waals surface area contributed by atoms with Crippen molar-refractivity contribution in [2.45, 2.75) is 13.8 Å². The van der Waals surface area contributed by atoms with Crippen LogP contribution in [0.4, 0.5) is 0 Å². The first-order valence-electron chi connectivity index (χ1n) is 7.61. The highest BCUT2D eigenvalue weighted by atomic mass is 79.9. The maximum Gasteiger partial charge on any atom is 0.339 e. The third-order valence-electron chi connectivity index (χ3n) is 3.83. The van der Waals surface area contributed by atoms with Crippen LogP contribution < -0.4 is 4.74 Å². The number of aryl methyl sites for hydroxylation is 1. The van der Waals surface area contributed by atoms with E-state index in [1.807, 2.05) is 0 Å². The van der Waals surface area contributed by atoms with Crippen LogP contribution in [-0.2, 0) is 9.47 Å². The Balaban J connectivity index is 2.10. The van der Waals surface area contributed by atoms with E-state index in [0.29, 0.717) is 27.0 Å². The Morgan fingerprint density at radius 2 is 1.81 bits per heavy atom. The second-order valence-electron chi connectivity index (χ2n) is 5.47. The van der Waals surface area contributed by atoms with E-state index in [9.17, 15) is 14.4 Å². The van der Waals surface area contributed by atoms with Gasteiger partial charge in [-0.3, -0.25) is 4.79 Å². The van der Waals surface area contributed by atoms with Gasteiger partial charge in [-0.2, -0.15) is 0 Å². The fraction of sp³-hybridized carbons (Fsp3) is 0.278. The van der Waals surface area contributed by atoms with E-state index in [1.165, 1.54) is 20.3 Å². The number of H-pyrrole nitrogens is 1. The molecule has 1 aromatic heterocycles. The molecule has 7 nitrogen and oxygen atoms in total. The molecule has 26 heavy (non-hydrogen) atoms. The molecule has 138 valence electrons. The number of hydrogen-bond acceptors (Lipinski definition) is 6. The van der Waals surface area contributed by atoms with Crippen LogP contribution in [-0.4, -0.2) is 43.5 Å². The average molecular weight is 424 g/mol. The molecular formula is C18H18BrNO6. The molecule has 1 aromatic carbocycles. The van der Waals surface area contributed by atoms with Gasteiger partial charge in [0.05, 0.1) is 35.5 Å². The SMILES string of the molecule is COC(=O)c1c(C)[nH]c(C(=O)COC(=O)c2ccc(OC)c(Br)c2)c1C. The van der Waals surface area contributed by atoms with Crippen molar-refractivity contribution < 1.29 is 28.6 Å². The van der Waals surface area contributed by atoms with Crippen molar-refractivity contribution in [3.8, 4) is 5.75 Å². The van der Waals surface area contributed by atoms with Gasteiger partial charge in [0.25, 0.3) is 0 Å². The van der Waals surface area contributed by atoms with Crippen LogP contribution in [0.15, 0.2) is 22.7 Å². The van der Waals surface area contributed by atoms with Gasteiger partial charge in [-0.25, -0.2) is 9.59 Å². The van der Waals surface area contributed by atoms with Crippen molar-refractivity contribution >= 4 is 33.7 Å². The van der Waals surface area contributed by atoms with Crippen LogP contribution in [0.1, 0.15) is 42.5 Å². The topological polar surface area (TPSA) is 94.7 Å². The Morgan fingerprint density at radius 1 is 1.12 bits per heavy atom. The molecule has 8 heteroatoms. The lowest BCUT2D eigenvalue weighted by Crippen LogP contribution is -2.15. The molecule has 0 aliphatic carbocycles. The third kappa shape index (κ3) is 3.96. The molecule has 0 fully saturated rings. The van der Waals surface area contributed by atoms with Crippen LogP contribution in [0.5, 0.6) is 5.75 Å². The van der Waals surface area contributed by atoms with Gasteiger partial charge in [0, 0.05) is 5.69 Å². The number of esters is 2. The first kappa shape index (κ1) is 19.7. The zero-order valence-electron chi connectivity index (χ0n) is 14.8. The number of ketones is 1. The second-order valence-corrected chi connectivity index (χ2v) is 6.32. The number of hydrogen-bond donors (Lipinski definition) is 1. The fourth-order valence-corrected chi connectivity index (χ4v) is 3.06. The number of ether oxygens (including phenoxy) is 3. The van der Waals surface area contributed by atoms with E-state index in [2.05, 4.69) is 20.9 Å². The van der Waals surface area contributed by atoms with Crippen molar-refractivity contribution in [3.05, 3.63) is 50.8 Å². The lowest BCUT2D eigenvalue weighted by Gasteiger charge is -2.07. The molecule has 1 N–H and O–H groups in total. The van der Waals surface area contributed by atoms with Crippen molar-refractivity contribution in [3.63, 3.8) is 0 Å². The molecule has 1 heterocycles. The van der Waals surface area contributed by atoms with Crippen molar-refractivity contribution in [1.29, 1.82) is 0 Å². The minimum absolute atomic E-state index is 0.214. The Hall–Kier alpha value is -2.61. The number of methoxy groups -OCH3 is 2. The average Bonchev–Trinajstić information content (AvgIpc) is 2.93. The molecule has 2 aromatic rings. The first-order chi connectivity index (χ1) is 12.3. The van der Waals surface area contributed by atoms with Crippen LogP contribution in [0.25, 0.3) is 0 Å². The van der Waals surface area contributed by atoms with Crippen molar-refractivity contribution in [2.24, 2.45) is 0 Å². The molecular weight excluding hydrogens is 406 g/mol. The van der Waals surface area contributed by atoms with Crippen molar-refractivity contribution in [2.75, 3.05) is 20.8 Å². The van der Waals surface area contributed by atoms with Crippen LogP contribution >= 0.6 is 15.9 Å². The molecule has 0 unspecified atom stereocenters. The molecule has 2 rings (SSSR count). The molecule has 0 amide bonds. The number of benzene rings is 1. The summed E-state index contributed by atoms with van der Waals surface area (Å²) in [5, 5.41) is 0. The highest BCUT2D eigenvalue weighted by Crippen LogP contribution is 2.26. The van der Waals surface area contributed by atoms with Gasteiger partial charge < -0.3 is 19.2 Å². The summed E-state index contributed by atoms with van der Waals surface area (Å²) in [5.74, 6) is -1.04. The highest BCUT2D eigenvalue weighted by molar-refractivity contribution is 9.10. The number of Topliss-reactive ketones (excluding diaryl/α,β-unsaturated/α-hetero) is 1. The maximum absolute atomic E-state index is 12.4. The number of aromatic nitrogens is 1. The van der Waals surface area contributed by atoms with Gasteiger partial charge >= 0.3 is 11.9 Å². The zero-order valence-corrected chi connectivity index (χ0v) is 16.4. The smallest absolute Gasteiger partial charge is 0.339 e. The monoisotopic (exact) mass is 423 g/mol. The van der Waals surface area contributed by atoms with Gasteiger partial charge in [-0.05, 0) is 53.5 Å². The standard InChI is InChI=1S/C18H18BrNO6/c1-9-15(18(23)25-4)10(2)20-16(9)13(21)8-26-17(22)11-5-6-14(24-3)12(19)7-11/h5-7,20H,8H2,1-4H3. The number of carbonyl (C=O) groups is 3. The predicted octanol–water partition coefficient (Wildman–Crippen LogP) is 3.23. The summed E-state index contributed by atoms with van der Waals surface area (Å²) in [5.41, 5.74) is 1.78. The van der Waals surface area contributed by atoms with Gasteiger partial charge in [0.15, 0.2) is 6.61 Å². The molecule has 0 atom stereocenters. The van der Waals surface area contributed by atoms with Gasteiger partial charge in [0.2, 0.25) is 5.78 Å². The van der Waals surface area contributed by atoms with Crippen molar-refractivity contribution in [1.82, 2.24) is 4.98 Å². The summed E-state index contributed by atoms with van der Waals surface area (Å²) in [4.78, 5) is 39.1. The highest BCUT2D eigenvalue weighted by Gasteiger charge is 2.23. The first-order valence-corrected chi connectivity index (χ1v) is 8.40.